The van der Waals surface area contributed by atoms with Crippen LogP contribution >= 0.6 is 11.6 Å². The Morgan fingerprint density at radius 3 is 2.33 bits per heavy atom. The van der Waals surface area contributed by atoms with Gasteiger partial charge in [-0.1, -0.05) is 35.9 Å². The number of ether oxygens (including phenoxy) is 2. The number of aliphatic imine (C=N–C) groups is 1. The van der Waals surface area contributed by atoms with Crippen LogP contribution in [0.15, 0.2) is 65.3 Å². The molecule has 24 heavy (non-hydrogen) atoms. The summed E-state index contributed by atoms with van der Waals surface area (Å²) < 4.78 is 10.2. The molecule has 2 aromatic carbocycles. The SMILES string of the molecule is COc1ccc(C=CC2=NC(=Cc3ccc(Cl)cc3)C(=O)O2)cc1. The first-order valence-corrected chi connectivity index (χ1v) is 7.62. The van der Waals surface area contributed by atoms with E-state index in [4.69, 9.17) is 21.1 Å². The van der Waals surface area contributed by atoms with Gasteiger partial charge >= 0.3 is 5.97 Å². The zero-order valence-corrected chi connectivity index (χ0v) is 13.7. The number of hydrogen-bond acceptors (Lipinski definition) is 4. The van der Waals surface area contributed by atoms with Gasteiger partial charge in [-0.2, -0.15) is 0 Å². The first-order valence-electron chi connectivity index (χ1n) is 7.24. The molecule has 2 aromatic rings. The molecule has 0 aliphatic carbocycles. The summed E-state index contributed by atoms with van der Waals surface area (Å²) in [5, 5.41) is 0.637. The van der Waals surface area contributed by atoms with Gasteiger partial charge in [-0.15, -0.1) is 0 Å². The highest BCUT2D eigenvalue weighted by Gasteiger charge is 2.20. The molecule has 0 saturated heterocycles. The maximum Gasteiger partial charge on any atom is 0.363 e. The van der Waals surface area contributed by atoms with E-state index in [9.17, 15) is 4.79 Å². The van der Waals surface area contributed by atoms with Gasteiger partial charge in [0.05, 0.1) is 7.11 Å². The number of cyclic esters (lactones) is 1. The van der Waals surface area contributed by atoms with Gasteiger partial charge in [0.15, 0.2) is 5.70 Å². The van der Waals surface area contributed by atoms with Crippen LogP contribution in [0.2, 0.25) is 5.02 Å². The fourth-order valence-electron chi connectivity index (χ4n) is 2.10. The Kier molecular flexibility index (Phi) is 4.77. The largest absolute Gasteiger partial charge is 0.497 e. The minimum absolute atomic E-state index is 0.256. The minimum atomic E-state index is -0.473. The molecule has 0 amide bonds. The van der Waals surface area contributed by atoms with Crippen LogP contribution < -0.4 is 4.74 Å². The molecule has 0 aromatic heterocycles. The van der Waals surface area contributed by atoms with Crippen LogP contribution in [0.3, 0.4) is 0 Å². The number of benzene rings is 2. The minimum Gasteiger partial charge on any atom is -0.497 e. The van der Waals surface area contributed by atoms with Crippen LogP contribution in [0, 0.1) is 0 Å². The molecule has 0 radical (unpaired) electrons. The average Bonchev–Trinajstić information content (AvgIpc) is 2.95. The number of carbonyl (C=O) groups excluding carboxylic acids is 1. The number of methoxy groups -OCH3 is 1. The molecule has 1 aliphatic rings. The number of halogens is 1. The molecule has 0 spiro atoms. The smallest absolute Gasteiger partial charge is 0.363 e. The fraction of sp³-hybridized carbons (Fsp3) is 0.0526. The number of rotatable bonds is 4. The zero-order chi connectivity index (χ0) is 16.9. The van der Waals surface area contributed by atoms with Gasteiger partial charge in [-0.05, 0) is 47.5 Å². The number of carbonyl (C=O) groups is 1. The van der Waals surface area contributed by atoms with Crippen LogP contribution in [-0.2, 0) is 9.53 Å². The van der Waals surface area contributed by atoms with Crippen molar-refractivity contribution in [1.82, 2.24) is 0 Å². The van der Waals surface area contributed by atoms with Gasteiger partial charge in [0.2, 0.25) is 5.90 Å². The summed E-state index contributed by atoms with van der Waals surface area (Å²) in [4.78, 5) is 16.1. The third-order valence-electron chi connectivity index (χ3n) is 3.34. The van der Waals surface area contributed by atoms with E-state index in [1.54, 1.807) is 31.4 Å². The lowest BCUT2D eigenvalue weighted by Gasteiger charge is -1.98. The molecule has 120 valence electrons. The normalized spacial score (nSPS) is 15.7. The van der Waals surface area contributed by atoms with Crippen LogP contribution in [0.5, 0.6) is 5.75 Å². The highest BCUT2D eigenvalue weighted by atomic mass is 35.5. The molecule has 0 bridgehead atoms. The van der Waals surface area contributed by atoms with Crippen LogP contribution in [0.4, 0.5) is 0 Å². The summed E-state index contributed by atoms with van der Waals surface area (Å²) >= 11 is 5.84. The standard InChI is InChI=1S/C19H14ClNO3/c1-23-16-9-4-13(5-10-16)6-11-18-21-17(19(22)24-18)12-14-2-7-15(20)8-3-14/h2-12H,1H3. The Morgan fingerprint density at radius 1 is 1.00 bits per heavy atom. The number of esters is 1. The number of hydrogen-bond donors (Lipinski definition) is 0. The summed E-state index contributed by atoms with van der Waals surface area (Å²) in [5.41, 5.74) is 2.03. The second-order valence-electron chi connectivity index (χ2n) is 5.03. The Labute approximate surface area is 144 Å². The van der Waals surface area contributed by atoms with Crippen molar-refractivity contribution in [2.45, 2.75) is 0 Å². The first kappa shape index (κ1) is 16.0. The molecule has 1 aliphatic heterocycles. The summed E-state index contributed by atoms with van der Waals surface area (Å²) in [5.74, 6) is 0.570. The van der Waals surface area contributed by atoms with E-state index in [2.05, 4.69) is 4.99 Å². The zero-order valence-electron chi connectivity index (χ0n) is 12.9. The summed E-state index contributed by atoms with van der Waals surface area (Å²) in [6.45, 7) is 0. The molecule has 1 heterocycles. The van der Waals surface area contributed by atoms with Crippen molar-refractivity contribution in [2.24, 2.45) is 4.99 Å². The Morgan fingerprint density at radius 2 is 1.67 bits per heavy atom. The molecule has 0 saturated carbocycles. The third kappa shape index (κ3) is 3.91. The molecule has 3 rings (SSSR count). The van der Waals surface area contributed by atoms with Crippen LogP contribution in [0.25, 0.3) is 12.2 Å². The topological polar surface area (TPSA) is 47.9 Å². The van der Waals surface area contributed by atoms with Crippen molar-refractivity contribution in [3.05, 3.63) is 76.5 Å². The summed E-state index contributed by atoms with van der Waals surface area (Å²) in [7, 11) is 1.62. The van der Waals surface area contributed by atoms with Gasteiger partial charge in [0, 0.05) is 11.1 Å². The van der Waals surface area contributed by atoms with E-state index in [0.29, 0.717) is 5.02 Å². The molecular formula is C19H14ClNO3. The van der Waals surface area contributed by atoms with Gasteiger partial charge < -0.3 is 9.47 Å². The van der Waals surface area contributed by atoms with Crippen LogP contribution in [-0.4, -0.2) is 19.0 Å². The predicted molar refractivity (Wildman–Crippen MR) is 95.0 cm³/mol. The molecule has 0 N–H and O–H groups in total. The average molecular weight is 340 g/mol. The first-order chi connectivity index (χ1) is 11.6. The second-order valence-corrected chi connectivity index (χ2v) is 5.46. The molecular weight excluding hydrogens is 326 g/mol. The van der Waals surface area contributed by atoms with Crippen molar-refractivity contribution in [2.75, 3.05) is 7.11 Å². The lowest BCUT2D eigenvalue weighted by molar-refractivity contribution is -0.129. The Bertz CT molecular complexity index is 834. The molecule has 0 fully saturated rings. The van der Waals surface area contributed by atoms with Crippen molar-refractivity contribution < 1.29 is 14.3 Å². The van der Waals surface area contributed by atoms with Crippen molar-refractivity contribution in [1.29, 1.82) is 0 Å². The lowest BCUT2D eigenvalue weighted by Crippen LogP contribution is -2.01. The molecule has 5 heteroatoms. The van der Waals surface area contributed by atoms with E-state index in [1.165, 1.54) is 0 Å². The Balaban J connectivity index is 1.75. The third-order valence-corrected chi connectivity index (χ3v) is 3.60. The molecule has 0 unspecified atom stereocenters. The van der Waals surface area contributed by atoms with Crippen molar-refractivity contribution >= 4 is 35.6 Å². The summed E-state index contributed by atoms with van der Waals surface area (Å²) in [6.07, 6.45) is 5.13. The monoisotopic (exact) mass is 339 g/mol. The highest BCUT2D eigenvalue weighted by molar-refractivity contribution is 6.30. The van der Waals surface area contributed by atoms with Gasteiger partial charge in [-0.3, -0.25) is 0 Å². The van der Waals surface area contributed by atoms with Gasteiger partial charge in [-0.25, -0.2) is 9.79 Å². The maximum atomic E-state index is 11.9. The maximum absolute atomic E-state index is 11.9. The van der Waals surface area contributed by atoms with Crippen molar-refractivity contribution in [3.8, 4) is 5.75 Å². The van der Waals surface area contributed by atoms with E-state index < -0.39 is 5.97 Å². The number of nitrogens with zero attached hydrogens (tertiary/aromatic N) is 1. The van der Waals surface area contributed by atoms with E-state index in [-0.39, 0.29) is 11.6 Å². The second kappa shape index (κ2) is 7.15. The lowest BCUT2D eigenvalue weighted by atomic mass is 10.2. The van der Waals surface area contributed by atoms with Crippen molar-refractivity contribution in [3.63, 3.8) is 0 Å². The van der Waals surface area contributed by atoms with E-state index in [1.807, 2.05) is 42.5 Å². The highest BCUT2D eigenvalue weighted by Crippen LogP contribution is 2.18. The van der Waals surface area contributed by atoms with Crippen LogP contribution in [0.1, 0.15) is 11.1 Å². The fourth-order valence-corrected chi connectivity index (χ4v) is 2.22. The van der Waals surface area contributed by atoms with E-state index >= 15 is 0 Å². The van der Waals surface area contributed by atoms with E-state index in [0.717, 1.165) is 16.9 Å². The Hall–Kier alpha value is -2.85. The van der Waals surface area contributed by atoms with Gasteiger partial charge in [0.25, 0.3) is 0 Å². The molecule has 4 nitrogen and oxygen atoms in total. The quantitative estimate of drug-likeness (QED) is 0.614. The van der Waals surface area contributed by atoms with Gasteiger partial charge in [0.1, 0.15) is 5.75 Å². The molecule has 0 atom stereocenters. The predicted octanol–water partition coefficient (Wildman–Crippen LogP) is 4.36. The summed E-state index contributed by atoms with van der Waals surface area (Å²) in [6, 6.07) is 14.6.